The SMILES string of the molecule is COc1ccc(-c2ccccc2I)c(I)c1. The average molecular weight is 436 g/mol. The molecule has 0 saturated carbocycles. The van der Waals surface area contributed by atoms with Crippen molar-refractivity contribution in [2.75, 3.05) is 7.11 Å². The lowest BCUT2D eigenvalue weighted by Crippen LogP contribution is -1.88. The molecule has 0 fully saturated rings. The zero-order valence-corrected chi connectivity index (χ0v) is 13.0. The zero-order valence-electron chi connectivity index (χ0n) is 8.71. The fourth-order valence-corrected chi connectivity index (χ4v) is 2.98. The van der Waals surface area contributed by atoms with Crippen molar-refractivity contribution in [3.63, 3.8) is 0 Å². The fourth-order valence-electron chi connectivity index (χ4n) is 1.52. The summed E-state index contributed by atoms with van der Waals surface area (Å²) in [6.45, 7) is 0. The molecule has 2 aromatic rings. The molecule has 0 atom stereocenters. The lowest BCUT2D eigenvalue weighted by atomic mass is 10.1. The second-order valence-corrected chi connectivity index (χ2v) is 5.65. The Morgan fingerprint density at radius 2 is 1.56 bits per heavy atom. The fraction of sp³-hybridized carbons (Fsp3) is 0.0769. The molecule has 0 saturated heterocycles. The number of methoxy groups -OCH3 is 1. The average Bonchev–Trinajstić information content (AvgIpc) is 2.30. The van der Waals surface area contributed by atoms with Crippen molar-refractivity contribution in [3.8, 4) is 16.9 Å². The van der Waals surface area contributed by atoms with Gasteiger partial charge in [0, 0.05) is 7.14 Å². The van der Waals surface area contributed by atoms with Gasteiger partial charge in [-0.05, 0) is 80.6 Å². The summed E-state index contributed by atoms with van der Waals surface area (Å²) in [5.74, 6) is 0.902. The Morgan fingerprint density at radius 3 is 2.19 bits per heavy atom. The first-order valence-electron chi connectivity index (χ1n) is 4.81. The number of halogens is 2. The van der Waals surface area contributed by atoms with Gasteiger partial charge in [-0.15, -0.1) is 0 Å². The van der Waals surface area contributed by atoms with Crippen LogP contribution in [0.15, 0.2) is 42.5 Å². The maximum absolute atomic E-state index is 5.21. The Hall–Kier alpha value is -0.300. The third kappa shape index (κ3) is 2.51. The molecule has 0 amide bonds. The summed E-state index contributed by atoms with van der Waals surface area (Å²) in [5, 5.41) is 0. The standard InChI is InChI=1S/C13H10I2O/c1-16-9-6-7-11(13(15)8-9)10-4-2-3-5-12(10)14/h2-8H,1H3. The predicted molar refractivity (Wildman–Crippen MR) is 83.9 cm³/mol. The molecule has 2 rings (SSSR count). The summed E-state index contributed by atoms with van der Waals surface area (Å²) < 4.78 is 7.69. The highest BCUT2D eigenvalue weighted by Gasteiger charge is 2.06. The van der Waals surface area contributed by atoms with Gasteiger partial charge in [0.15, 0.2) is 0 Å². The van der Waals surface area contributed by atoms with Crippen molar-refractivity contribution in [1.29, 1.82) is 0 Å². The molecule has 0 aromatic heterocycles. The van der Waals surface area contributed by atoms with Crippen LogP contribution in [0.3, 0.4) is 0 Å². The van der Waals surface area contributed by atoms with Gasteiger partial charge in [0.2, 0.25) is 0 Å². The van der Waals surface area contributed by atoms with Crippen molar-refractivity contribution in [2.24, 2.45) is 0 Å². The smallest absolute Gasteiger partial charge is 0.119 e. The summed E-state index contributed by atoms with van der Waals surface area (Å²) in [6.07, 6.45) is 0. The minimum atomic E-state index is 0.902. The molecule has 0 aliphatic carbocycles. The molecule has 0 radical (unpaired) electrons. The Morgan fingerprint density at radius 1 is 0.875 bits per heavy atom. The second-order valence-electron chi connectivity index (χ2n) is 3.33. The monoisotopic (exact) mass is 436 g/mol. The third-order valence-electron chi connectivity index (χ3n) is 2.34. The highest BCUT2D eigenvalue weighted by atomic mass is 127. The molecule has 0 aliphatic rings. The molecule has 16 heavy (non-hydrogen) atoms. The van der Waals surface area contributed by atoms with E-state index in [-0.39, 0.29) is 0 Å². The second kappa shape index (κ2) is 5.35. The van der Waals surface area contributed by atoms with E-state index in [0.717, 1.165) is 5.75 Å². The Balaban J connectivity index is 2.53. The van der Waals surface area contributed by atoms with Gasteiger partial charge < -0.3 is 4.74 Å². The minimum Gasteiger partial charge on any atom is -0.497 e. The van der Waals surface area contributed by atoms with Crippen LogP contribution in [0.1, 0.15) is 0 Å². The largest absolute Gasteiger partial charge is 0.497 e. The maximum atomic E-state index is 5.21. The van der Waals surface area contributed by atoms with Crippen molar-refractivity contribution in [2.45, 2.75) is 0 Å². The van der Waals surface area contributed by atoms with E-state index >= 15 is 0 Å². The molecular weight excluding hydrogens is 426 g/mol. The summed E-state index contributed by atoms with van der Waals surface area (Å²) in [6, 6.07) is 14.6. The van der Waals surface area contributed by atoms with Crippen molar-refractivity contribution in [3.05, 3.63) is 49.6 Å². The van der Waals surface area contributed by atoms with Crippen molar-refractivity contribution >= 4 is 45.2 Å². The first kappa shape index (κ1) is 12.2. The van der Waals surface area contributed by atoms with Gasteiger partial charge in [-0.3, -0.25) is 0 Å². The summed E-state index contributed by atoms with van der Waals surface area (Å²) in [5.41, 5.74) is 2.53. The van der Waals surface area contributed by atoms with Crippen LogP contribution >= 0.6 is 45.2 Å². The van der Waals surface area contributed by atoms with Crippen molar-refractivity contribution in [1.82, 2.24) is 0 Å². The molecule has 0 heterocycles. The van der Waals surface area contributed by atoms with E-state index in [1.165, 1.54) is 18.3 Å². The lowest BCUT2D eigenvalue weighted by Gasteiger charge is -2.08. The quantitative estimate of drug-likeness (QED) is 0.628. The van der Waals surface area contributed by atoms with Gasteiger partial charge in [0.25, 0.3) is 0 Å². The lowest BCUT2D eigenvalue weighted by molar-refractivity contribution is 0.414. The molecule has 0 unspecified atom stereocenters. The molecular formula is C13H10I2O. The number of benzene rings is 2. The van der Waals surface area contributed by atoms with Crippen LogP contribution in [0.5, 0.6) is 5.75 Å². The maximum Gasteiger partial charge on any atom is 0.119 e. The van der Waals surface area contributed by atoms with Crippen LogP contribution in [0.25, 0.3) is 11.1 Å². The van der Waals surface area contributed by atoms with Crippen LogP contribution in [-0.4, -0.2) is 7.11 Å². The van der Waals surface area contributed by atoms with Crippen LogP contribution in [0.4, 0.5) is 0 Å². The van der Waals surface area contributed by atoms with Crippen molar-refractivity contribution < 1.29 is 4.74 Å². The number of hydrogen-bond donors (Lipinski definition) is 0. The van der Waals surface area contributed by atoms with E-state index in [9.17, 15) is 0 Å². The summed E-state index contributed by atoms with van der Waals surface area (Å²) in [4.78, 5) is 0. The van der Waals surface area contributed by atoms with E-state index in [0.29, 0.717) is 0 Å². The number of hydrogen-bond acceptors (Lipinski definition) is 1. The van der Waals surface area contributed by atoms with Crippen LogP contribution in [-0.2, 0) is 0 Å². The number of ether oxygens (including phenoxy) is 1. The van der Waals surface area contributed by atoms with E-state index < -0.39 is 0 Å². The molecule has 0 N–H and O–H groups in total. The molecule has 0 aliphatic heterocycles. The van der Waals surface area contributed by atoms with Crippen LogP contribution in [0.2, 0.25) is 0 Å². The third-order valence-corrected chi connectivity index (χ3v) is 4.17. The first-order valence-corrected chi connectivity index (χ1v) is 6.96. The van der Waals surface area contributed by atoms with E-state index in [4.69, 9.17) is 4.74 Å². The van der Waals surface area contributed by atoms with Gasteiger partial charge in [0.05, 0.1) is 7.11 Å². The summed E-state index contributed by atoms with van der Waals surface area (Å²) >= 11 is 4.71. The highest BCUT2D eigenvalue weighted by molar-refractivity contribution is 14.1. The van der Waals surface area contributed by atoms with E-state index in [1.54, 1.807) is 7.11 Å². The molecule has 1 nitrogen and oxygen atoms in total. The normalized spacial score (nSPS) is 10.2. The summed E-state index contributed by atoms with van der Waals surface area (Å²) in [7, 11) is 1.69. The van der Waals surface area contributed by atoms with E-state index in [1.807, 2.05) is 6.07 Å². The molecule has 0 bridgehead atoms. The Bertz CT molecular complexity index is 509. The van der Waals surface area contributed by atoms with Gasteiger partial charge in [-0.2, -0.15) is 0 Å². The zero-order chi connectivity index (χ0) is 11.5. The molecule has 0 spiro atoms. The van der Waals surface area contributed by atoms with Gasteiger partial charge in [0.1, 0.15) is 5.75 Å². The van der Waals surface area contributed by atoms with Gasteiger partial charge in [-0.25, -0.2) is 0 Å². The van der Waals surface area contributed by atoms with Gasteiger partial charge in [-0.1, -0.05) is 18.2 Å². The molecule has 82 valence electrons. The predicted octanol–water partition coefficient (Wildman–Crippen LogP) is 4.57. The Kier molecular flexibility index (Phi) is 4.07. The van der Waals surface area contributed by atoms with E-state index in [2.05, 4.69) is 81.6 Å². The van der Waals surface area contributed by atoms with Crippen LogP contribution in [0, 0.1) is 7.14 Å². The van der Waals surface area contributed by atoms with Crippen LogP contribution < -0.4 is 4.74 Å². The highest BCUT2D eigenvalue weighted by Crippen LogP contribution is 2.31. The molecule has 3 heteroatoms. The first-order chi connectivity index (χ1) is 7.72. The molecule has 2 aromatic carbocycles. The minimum absolute atomic E-state index is 0.902. The topological polar surface area (TPSA) is 9.23 Å². The number of rotatable bonds is 2. The Labute approximate surface area is 122 Å². The van der Waals surface area contributed by atoms with Gasteiger partial charge >= 0.3 is 0 Å².